The molecule has 1 aliphatic heterocycles. The maximum atomic E-state index is 11.5. The van der Waals surface area contributed by atoms with Gasteiger partial charge in [-0.3, -0.25) is 4.79 Å². The molecule has 0 radical (unpaired) electrons. The molecule has 0 unspecified atom stereocenters. The smallest absolute Gasteiger partial charge is 0.243 e. The van der Waals surface area contributed by atoms with Crippen molar-refractivity contribution in [1.29, 1.82) is 0 Å². The van der Waals surface area contributed by atoms with Crippen molar-refractivity contribution in [3.8, 4) is 0 Å². The van der Waals surface area contributed by atoms with Crippen LogP contribution in [0.2, 0.25) is 0 Å². The molecule has 0 aromatic heterocycles. The van der Waals surface area contributed by atoms with Gasteiger partial charge in [-0.05, 0) is 26.0 Å². The summed E-state index contributed by atoms with van der Waals surface area (Å²) in [6.45, 7) is 4.96. The summed E-state index contributed by atoms with van der Waals surface area (Å²) in [6, 6.07) is 7.78. The highest BCUT2D eigenvalue weighted by atomic mass is 16.2. The number of nitrogens with zero attached hydrogens (tertiary/aromatic N) is 1. The number of anilines is 2. The van der Waals surface area contributed by atoms with Crippen LogP contribution in [0.3, 0.4) is 0 Å². The Balaban J connectivity index is 2.30. The molecule has 1 heterocycles. The first-order valence-corrected chi connectivity index (χ1v) is 5.38. The number of carbonyl (C=O) groups excluding carboxylic acids is 1. The molecule has 0 saturated carbocycles. The average molecular weight is 219 g/mol. The van der Waals surface area contributed by atoms with Crippen molar-refractivity contribution in [2.45, 2.75) is 19.4 Å². The van der Waals surface area contributed by atoms with Gasteiger partial charge < -0.3 is 16.0 Å². The molecule has 3 N–H and O–H groups in total. The van der Waals surface area contributed by atoms with Crippen molar-refractivity contribution in [3.05, 3.63) is 24.3 Å². The Morgan fingerprint density at radius 1 is 1.44 bits per heavy atom. The van der Waals surface area contributed by atoms with E-state index >= 15 is 0 Å². The Morgan fingerprint density at radius 2 is 2.12 bits per heavy atom. The number of hydrogen-bond donors (Lipinski definition) is 2. The van der Waals surface area contributed by atoms with Crippen LogP contribution in [-0.2, 0) is 4.79 Å². The molecule has 0 bridgehead atoms. The molecule has 4 heteroatoms. The van der Waals surface area contributed by atoms with Crippen molar-refractivity contribution < 1.29 is 4.79 Å². The molecule has 1 amide bonds. The molecule has 1 aliphatic rings. The number of para-hydroxylation sites is 2. The van der Waals surface area contributed by atoms with Gasteiger partial charge in [0.1, 0.15) is 0 Å². The third-order valence-electron chi connectivity index (χ3n) is 2.45. The predicted octanol–water partition coefficient (Wildman–Crippen LogP) is 1.18. The Hall–Kier alpha value is -1.55. The lowest BCUT2D eigenvalue weighted by molar-refractivity contribution is -0.115. The van der Waals surface area contributed by atoms with E-state index in [9.17, 15) is 4.79 Å². The molecular formula is C12H17N3O. The van der Waals surface area contributed by atoms with E-state index in [-0.39, 0.29) is 11.4 Å². The van der Waals surface area contributed by atoms with Gasteiger partial charge in [0.05, 0.1) is 17.9 Å². The highest BCUT2D eigenvalue weighted by molar-refractivity contribution is 6.01. The van der Waals surface area contributed by atoms with Crippen molar-refractivity contribution in [2.75, 3.05) is 23.3 Å². The summed E-state index contributed by atoms with van der Waals surface area (Å²) in [6.07, 6.45) is 0. The maximum absolute atomic E-state index is 11.5. The number of fused-ring (bicyclic) bond motifs is 1. The van der Waals surface area contributed by atoms with Crippen molar-refractivity contribution >= 4 is 17.3 Å². The fourth-order valence-electron chi connectivity index (χ4n) is 1.94. The lowest BCUT2D eigenvalue weighted by Gasteiger charge is -2.35. The average Bonchev–Trinajstić information content (AvgIpc) is 2.14. The molecule has 4 nitrogen and oxygen atoms in total. The van der Waals surface area contributed by atoms with Gasteiger partial charge in [0.15, 0.2) is 0 Å². The summed E-state index contributed by atoms with van der Waals surface area (Å²) in [4.78, 5) is 13.6. The van der Waals surface area contributed by atoms with E-state index in [0.29, 0.717) is 13.1 Å². The van der Waals surface area contributed by atoms with Crippen LogP contribution in [0.5, 0.6) is 0 Å². The number of hydrogen-bond acceptors (Lipinski definition) is 3. The Labute approximate surface area is 95.4 Å². The SMILES string of the molecule is CC(C)(N)CN1CC(=O)Nc2ccccc21. The molecule has 0 spiro atoms. The van der Waals surface area contributed by atoms with E-state index in [2.05, 4.69) is 5.32 Å². The fourth-order valence-corrected chi connectivity index (χ4v) is 1.94. The molecule has 0 fully saturated rings. The first-order valence-electron chi connectivity index (χ1n) is 5.38. The normalized spacial score (nSPS) is 15.7. The molecule has 0 atom stereocenters. The monoisotopic (exact) mass is 219 g/mol. The van der Waals surface area contributed by atoms with Crippen LogP contribution in [-0.4, -0.2) is 24.5 Å². The zero-order valence-electron chi connectivity index (χ0n) is 9.66. The van der Waals surface area contributed by atoms with Crippen molar-refractivity contribution in [3.63, 3.8) is 0 Å². The van der Waals surface area contributed by atoms with Gasteiger partial charge in [0.25, 0.3) is 0 Å². The van der Waals surface area contributed by atoms with Crippen molar-refractivity contribution in [2.24, 2.45) is 5.73 Å². The highest BCUT2D eigenvalue weighted by Gasteiger charge is 2.25. The molecular weight excluding hydrogens is 202 g/mol. The van der Waals surface area contributed by atoms with Crippen LogP contribution in [0.25, 0.3) is 0 Å². The number of carbonyl (C=O) groups is 1. The summed E-state index contributed by atoms with van der Waals surface area (Å²) >= 11 is 0. The summed E-state index contributed by atoms with van der Waals surface area (Å²) in [7, 11) is 0. The molecule has 2 rings (SSSR count). The van der Waals surface area contributed by atoms with Gasteiger partial charge in [-0.2, -0.15) is 0 Å². The second-order valence-electron chi connectivity index (χ2n) is 4.91. The third kappa shape index (κ3) is 2.33. The molecule has 0 saturated heterocycles. The molecule has 16 heavy (non-hydrogen) atoms. The first-order chi connectivity index (χ1) is 7.46. The lowest BCUT2D eigenvalue weighted by Crippen LogP contribution is -2.49. The quantitative estimate of drug-likeness (QED) is 0.785. The lowest BCUT2D eigenvalue weighted by atomic mass is 10.0. The van der Waals surface area contributed by atoms with Gasteiger partial charge in [0.2, 0.25) is 5.91 Å². The number of amides is 1. The Kier molecular flexibility index (Phi) is 2.59. The van der Waals surface area contributed by atoms with Crippen LogP contribution in [0.15, 0.2) is 24.3 Å². The van der Waals surface area contributed by atoms with E-state index in [1.54, 1.807) is 0 Å². The first kappa shape index (κ1) is 11.0. The summed E-state index contributed by atoms with van der Waals surface area (Å²) < 4.78 is 0. The van der Waals surface area contributed by atoms with Crippen LogP contribution in [0.4, 0.5) is 11.4 Å². The topological polar surface area (TPSA) is 58.4 Å². The minimum absolute atomic E-state index is 0.0166. The molecule has 86 valence electrons. The van der Waals surface area contributed by atoms with E-state index in [1.807, 2.05) is 43.0 Å². The van der Waals surface area contributed by atoms with Gasteiger partial charge in [-0.15, -0.1) is 0 Å². The van der Waals surface area contributed by atoms with Gasteiger partial charge in [0, 0.05) is 12.1 Å². The maximum Gasteiger partial charge on any atom is 0.243 e. The van der Waals surface area contributed by atoms with Crippen LogP contribution in [0, 0.1) is 0 Å². The second kappa shape index (κ2) is 3.79. The van der Waals surface area contributed by atoms with Crippen molar-refractivity contribution in [1.82, 2.24) is 0 Å². The van der Waals surface area contributed by atoms with Gasteiger partial charge in [-0.25, -0.2) is 0 Å². The van der Waals surface area contributed by atoms with Crippen LogP contribution < -0.4 is 16.0 Å². The molecule has 1 aromatic rings. The van der Waals surface area contributed by atoms with Gasteiger partial charge in [-0.1, -0.05) is 12.1 Å². The van der Waals surface area contributed by atoms with Crippen LogP contribution >= 0.6 is 0 Å². The van der Waals surface area contributed by atoms with Crippen LogP contribution in [0.1, 0.15) is 13.8 Å². The van der Waals surface area contributed by atoms with Gasteiger partial charge >= 0.3 is 0 Å². The molecule has 0 aliphatic carbocycles. The zero-order chi connectivity index (χ0) is 11.8. The second-order valence-corrected chi connectivity index (χ2v) is 4.91. The summed E-state index contributed by atoms with van der Waals surface area (Å²) in [5.41, 5.74) is 7.59. The predicted molar refractivity (Wildman–Crippen MR) is 65.6 cm³/mol. The Bertz CT molecular complexity index is 409. The zero-order valence-corrected chi connectivity index (χ0v) is 9.66. The number of nitrogens with two attached hydrogens (primary N) is 1. The molecule has 1 aromatic carbocycles. The third-order valence-corrected chi connectivity index (χ3v) is 2.45. The minimum atomic E-state index is -0.315. The number of benzene rings is 1. The minimum Gasteiger partial charge on any atom is -0.359 e. The van der Waals surface area contributed by atoms with E-state index in [0.717, 1.165) is 11.4 Å². The fraction of sp³-hybridized carbons (Fsp3) is 0.417. The number of nitrogens with one attached hydrogen (secondary N) is 1. The summed E-state index contributed by atoms with van der Waals surface area (Å²) in [5, 5.41) is 2.85. The van der Waals surface area contributed by atoms with E-state index in [1.165, 1.54) is 0 Å². The Morgan fingerprint density at radius 3 is 2.81 bits per heavy atom. The summed E-state index contributed by atoms with van der Waals surface area (Å²) in [5.74, 6) is 0.0166. The van der Waals surface area contributed by atoms with E-state index < -0.39 is 0 Å². The standard InChI is InChI=1S/C12H17N3O/c1-12(2,13)8-15-7-11(16)14-9-5-3-4-6-10(9)15/h3-6H,7-8,13H2,1-2H3,(H,14,16). The van der Waals surface area contributed by atoms with E-state index in [4.69, 9.17) is 5.73 Å². The highest BCUT2D eigenvalue weighted by Crippen LogP contribution is 2.29. The number of rotatable bonds is 2. The largest absolute Gasteiger partial charge is 0.359 e.